The summed E-state index contributed by atoms with van der Waals surface area (Å²) >= 11 is 2.47. The van der Waals surface area contributed by atoms with E-state index in [4.69, 9.17) is 4.98 Å². The summed E-state index contributed by atoms with van der Waals surface area (Å²) in [5.41, 5.74) is 5.85. The van der Waals surface area contributed by atoms with E-state index in [0.717, 1.165) is 17.7 Å². The zero-order valence-corrected chi connectivity index (χ0v) is 16.8. The van der Waals surface area contributed by atoms with Gasteiger partial charge in [0.1, 0.15) is 5.65 Å². The Hall–Kier alpha value is -2.66. The second kappa shape index (κ2) is 6.82. The predicted molar refractivity (Wildman–Crippen MR) is 121 cm³/mol. The van der Waals surface area contributed by atoms with E-state index in [-0.39, 0.29) is 0 Å². The van der Waals surface area contributed by atoms with E-state index in [9.17, 15) is 0 Å². The predicted octanol–water partition coefficient (Wildman–Crippen LogP) is 6.51. The lowest BCUT2D eigenvalue weighted by molar-refractivity contribution is 0.807. The lowest BCUT2D eigenvalue weighted by atomic mass is 10.0. The van der Waals surface area contributed by atoms with Crippen LogP contribution in [0.5, 0.6) is 0 Å². The topological polar surface area (TPSA) is 17.8 Å². The number of nitrogens with zero attached hydrogens (tertiary/aromatic N) is 2. The van der Waals surface area contributed by atoms with Gasteiger partial charge in [-0.05, 0) is 45.9 Å². The molecule has 3 aromatic carbocycles. The first-order chi connectivity index (χ1) is 13.3. The summed E-state index contributed by atoms with van der Waals surface area (Å²) in [5, 5.41) is 2.38. The first kappa shape index (κ1) is 16.5. The van der Waals surface area contributed by atoms with Crippen molar-refractivity contribution in [3.8, 4) is 11.1 Å². The van der Waals surface area contributed by atoms with Crippen molar-refractivity contribution >= 4 is 44.5 Å². The normalized spacial score (nSPS) is 11.3. The molecule has 0 bridgehead atoms. The molecule has 2 aromatic heterocycles. The molecule has 5 aromatic rings. The fourth-order valence-electron chi connectivity index (χ4n) is 3.62. The van der Waals surface area contributed by atoms with Crippen LogP contribution < -0.4 is 0 Å². The van der Waals surface area contributed by atoms with Crippen LogP contribution in [-0.2, 0) is 6.54 Å². The number of halogens is 1. The Morgan fingerprint density at radius 3 is 2.22 bits per heavy atom. The third-order valence-electron chi connectivity index (χ3n) is 4.92. The van der Waals surface area contributed by atoms with Crippen LogP contribution in [0.15, 0.2) is 91.0 Å². The Bertz CT molecular complexity index is 1240. The van der Waals surface area contributed by atoms with E-state index in [1.165, 1.54) is 31.2 Å². The minimum absolute atomic E-state index is 0.813. The number of pyridine rings is 1. The van der Waals surface area contributed by atoms with Crippen LogP contribution >= 0.6 is 22.6 Å². The lowest BCUT2D eigenvalue weighted by Crippen LogP contribution is -2.03. The van der Waals surface area contributed by atoms with Crippen LogP contribution in [0.4, 0.5) is 0 Å². The van der Waals surface area contributed by atoms with Gasteiger partial charge in [-0.15, -0.1) is 0 Å². The molecule has 0 saturated heterocycles. The van der Waals surface area contributed by atoms with Gasteiger partial charge in [0, 0.05) is 16.3 Å². The molecule has 0 spiro atoms. The van der Waals surface area contributed by atoms with Gasteiger partial charge in [-0.1, -0.05) is 78.9 Å². The van der Waals surface area contributed by atoms with Gasteiger partial charge in [-0.2, -0.15) is 0 Å². The van der Waals surface area contributed by atoms with Crippen LogP contribution in [-0.4, -0.2) is 9.55 Å². The monoisotopic (exact) mass is 460 g/mol. The van der Waals surface area contributed by atoms with Crippen LogP contribution in [0, 0.1) is 3.70 Å². The molecular weight excluding hydrogens is 443 g/mol. The standard InChI is InChI=1S/C24H17IN2/c25-23-22(18-11-5-2-6-12-18)20-15-19-13-7-8-14-21(19)26-24(20)27(23)16-17-9-3-1-4-10-17/h1-15H,16H2. The highest BCUT2D eigenvalue weighted by atomic mass is 127. The minimum atomic E-state index is 0.813. The van der Waals surface area contributed by atoms with Gasteiger partial charge in [0.15, 0.2) is 0 Å². The summed E-state index contributed by atoms with van der Waals surface area (Å²) in [6.45, 7) is 0.813. The highest BCUT2D eigenvalue weighted by Gasteiger charge is 2.18. The van der Waals surface area contributed by atoms with E-state index in [1.807, 2.05) is 0 Å². The van der Waals surface area contributed by atoms with E-state index in [1.54, 1.807) is 0 Å². The minimum Gasteiger partial charge on any atom is -0.316 e. The van der Waals surface area contributed by atoms with Gasteiger partial charge in [0.2, 0.25) is 0 Å². The molecule has 0 fully saturated rings. The van der Waals surface area contributed by atoms with Gasteiger partial charge in [0.25, 0.3) is 0 Å². The Balaban J connectivity index is 1.83. The maximum absolute atomic E-state index is 5.04. The lowest BCUT2D eigenvalue weighted by Gasteiger charge is -2.08. The molecule has 0 saturated carbocycles. The molecule has 0 amide bonds. The third-order valence-corrected chi connectivity index (χ3v) is 6.04. The van der Waals surface area contributed by atoms with Crippen LogP contribution in [0.2, 0.25) is 0 Å². The van der Waals surface area contributed by atoms with Gasteiger partial charge < -0.3 is 4.57 Å². The smallest absolute Gasteiger partial charge is 0.142 e. The van der Waals surface area contributed by atoms with Crippen molar-refractivity contribution < 1.29 is 0 Å². The summed E-state index contributed by atoms with van der Waals surface area (Å²) in [4.78, 5) is 5.04. The first-order valence-electron chi connectivity index (χ1n) is 8.98. The number of rotatable bonds is 3. The van der Waals surface area contributed by atoms with Crippen LogP contribution in [0.1, 0.15) is 5.56 Å². The number of para-hydroxylation sites is 1. The fraction of sp³-hybridized carbons (Fsp3) is 0.0417. The highest BCUT2D eigenvalue weighted by molar-refractivity contribution is 14.1. The van der Waals surface area contributed by atoms with Crippen molar-refractivity contribution in [2.24, 2.45) is 0 Å². The van der Waals surface area contributed by atoms with E-state index in [0.29, 0.717) is 0 Å². The molecule has 2 heterocycles. The Morgan fingerprint density at radius 2 is 1.44 bits per heavy atom. The summed E-state index contributed by atoms with van der Waals surface area (Å²) in [5.74, 6) is 0. The first-order valence-corrected chi connectivity index (χ1v) is 10.1. The zero-order chi connectivity index (χ0) is 18.2. The van der Waals surface area contributed by atoms with Gasteiger partial charge in [-0.25, -0.2) is 4.98 Å². The van der Waals surface area contributed by atoms with Crippen molar-refractivity contribution in [3.63, 3.8) is 0 Å². The van der Waals surface area contributed by atoms with Crippen molar-refractivity contribution in [1.82, 2.24) is 9.55 Å². The largest absolute Gasteiger partial charge is 0.316 e. The maximum Gasteiger partial charge on any atom is 0.142 e. The van der Waals surface area contributed by atoms with E-state index < -0.39 is 0 Å². The second-order valence-electron chi connectivity index (χ2n) is 6.66. The summed E-state index contributed by atoms with van der Waals surface area (Å²) in [6, 6.07) is 31.8. The van der Waals surface area contributed by atoms with Crippen molar-refractivity contribution in [2.75, 3.05) is 0 Å². The number of hydrogen-bond donors (Lipinski definition) is 0. The van der Waals surface area contributed by atoms with Gasteiger partial charge >= 0.3 is 0 Å². The molecule has 27 heavy (non-hydrogen) atoms. The number of aromatic nitrogens is 2. The van der Waals surface area contributed by atoms with Gasteiger partial charge in [-0.3, -0.25) is 0 Å². The number of hydrogen-bond acceptors (Lipinski definition) is 1. The highest BCUT2D eigenvalue weighted by Crippen LogP contribution is 2.37. The molecule has 0 radical (unpaired) electrons. The molecule has 2 nitrogen and oxygen atoms in total. The SMILES string of the molecule is Ic1c(-c2ccccc2)c2cc3ccccc3nc2n1Cc1ccccc1. The molecule has 0 aliphatic rings. The molecular formula is C24H17IN2. The summed E-state index contributed by atoms with van der Waals surface area (Å²) < 4.78 is 3.56. The molecule has 3 heteroatoms. The average molecular weight is 460 g/mol. The molecule has 0 N–H and O–H groups in total. The number of fused-ring (bicyclic) bond motifs is 2. The maximum atomic E-state index is 5.04. The van der Waals surface area contributed by atoms with Crippen LogP contribution in [0.25, 0.3) is 33.1 Å². The second-order valence-corrected chi connectivity index (χ2v) is 7.68. The average Bonchev–Trinajstić information content (AvgIpc) is 2.98. The summed E-state index contributed by atoms with van der Waals surface area (Å²) in [7, 11) is 0. The molecule has 0 aliphatic carbocycles. The Kier molecular flexibility index (Phi) is 4.17. The quantitative estimate of drug-likeness (QED) is 0.281. The number of benzene rings is 3. The third kappa shape index (κ3) is 2.92. The molecule has 5 rings (SSSR count). The van der Waals surface area contributed by atoms with E-state index >= 15 is 0 Å². The Labute approximate surface area is 171 Å². The zero-order valence-electron chi connectivity index (χ0n) is 14.6. The Morgan fingerprint density at radius 1 is 0.778 bits per heavy atom. The fourth-order valence-corrected chi connectivity index (χ4v) is 4.63. The molecule has 0 atom stereocenters. The van der Waals surface area contributed by atoms with E-state index in [2.05, 4.69) is 118 Å². The summed E-state index contributed by atoms with van der Waals surface area (Å²) in [6.07, 6.45) is 0. The van der Waals surface area contributed by atoms with Crippen molar-refractivity contribution in [3.05, 3.63) is 100 Å². The molecule has 0 unspecified atom stereocenters. The van der Waals surface area contributed by atoms with Crippen molar-refractivity contribution in [1.29, 1.82) is 0 Å². The van der Waals surface area contributed by atoms with Crippen LogP contribution in [0.3, 0.4) is 0 Å². The molecule has 0 aliphatic heterocycles. The molecule has 130 valence electrons. The van der Waals surface area contributed by atoms with Gasteiger partial charge in [0.05, 0.1) is 15.8 Å². The van der Waals surface area contributed by atoms with Crippen molar-refractivity contribution in [2.45, 2.75) is 6.54 Å².